The summed E-state index contributed by atoms with van der Waals surface area (Å²) in [5.74, 6) is 1.15. The van der Waals surface area contributed by atoms with Crippen LogP contribution in [0.15, 0.2) is 60.7 Å². The number of hydrogen-bond acceptors (Lipinski definition) is 7. The lowest BCUT2D eigenvalue weighted by Crippen LogP contribution is -2.32. The number of imidazole rings is 1. The van der Waals surface area contributed by atoms with Gasteiger partial charge in [0.2, 0.25) is 0 Å². The van der Waals surface area contributed by atoms with Gasteiger partial charge >= 0.3 is 5.97 Å². The first-order chi connectivity index (χ1) is 19.5. The van der Waals surface area contributed by atoms with Crippen molar-refractivity contribution < 1.29 is 19.0 Å². The van der Waals surface area contributed by atoms with E-state index in [9.17, 15) is 4.79 Å². The molecule has 4 aromatic rings. The van der Waals surface area contributed by atoms with Crippen LogP contribution in [0, 0.1) is 0 Å². The molecule has 2 aromatic heterocycles. The Bertz CT molecular complexity index is 1600. The van der Waals surface area contributed by atoms with Crippen LogP contribution in [0.4, 0.5) is 0 Å². The molecule has 0 saturated carbocycles. The van der Waals surface area contributed by atoms with Crippen LogP contribution in [0.25, 0.3) is 16.6 Å². The van der Waals surface area contributed by atoms with Gasteiger partial charge in [-0.25, -0.2) is 14.8 Å². The molecule has 0 spiro atoms. The summed E-state index contributed by atoms with van der Waals surface area (Å²) < 4.78 is 18.7. The highest BCUT2D eigenvalue weighted by molar-refractivity contribution is 6.35. The average molecular weight is 579 g/mol. The van der Waals surface area contributed by atoms with Gasteiger partial charge < -0.3 is 18.8 Å². The predicted molar refractivity (Wildman–Crippen MR) is 154 cm³/mol. The zero-order valence-corrected chi connectivity index (χ0v) is 23.5. The second-order valence-electron chi connectivity index (χ2n) is 9.89. The van der Waals surface area contributed by atoms with E-state index < -0.39 is 0 Å². The molecule has 2 aromatic carbocycles. The third kappa shape index (κ3) is 5.71. The Morgan fingerprint density at radius 3 is 2.77 bits per heavy atom. The number of rotatable bonds is 9. The second-order valence-corrected chi connectivity index (χ2v) is 10.7. The summed E-state index contributed by atoms with van der Waals surface area (Å²) in [6.45, 7) is 3.97. The van der Waals surface area contributed by atoms with Gasteiger partial charge in [-0.2, -0.15) is 0 Å². The van der Waals surface area contributed by atoms with E-state index in [0.29, 0.717) is 41.1 Å². The summed E-state index contributed by atoms with van der Waals surface area (Å²) in [6.07, 6.45) is 3.38. The van der Waals surface area contributed by atoms with E-state index in [1.165, 1.54) is 7.11 Å². The number of esters is 1. The maximum Gasteiger partial charge on any atom is 0.337 e. The first kappa shape index (κ1) is 26.8. The van der Waals surface area contributed by atoms with Gasteiger partial charge in [-0.1, -0.05) is 35.3 Å². The summed E-state index contributed by atoms with van der Waals surface area (Å²) in [7, 11) is 1.39. The van der Waals surface area contributed by atoms with Crippen LogP contribution in [0.1, 0.15) is 34.0 Å². The number of pyridine rings is 1. The molecular formula is C30H28Cl2N4O4. The normalized spacial score (nSPS) is 17.1. The molecule has 1 unspecified atom stereocenters. The van der Waals surface area contributed by atoms with Gasteiger partial charge in [-0.15, -0.1) is 0 Å². The van der Waals surface area contributed by atoms with Crippen molar-refractivity contribution in [3.05, 3.63) is 93.5 Å². The first-order valence-electron chi connectivity index (χ1n) is 13.1. The Kier molecular flexibility index (Phi) is 7.76. The fourth-order valence-corrected chi connectivity index (χ4v) is 5.44. The van der Waals surface area contributed by atoms with Crippen LogP contribution in [0.3, 0.4) is 0 Å². The van der Waals surface area contributed by atoms with Gasteiger partial charge in [0.1, 0.15) is 18.2 Å². The van der Waals surface area contributed by atoms with Crippen LogP contribution in [-0.2, 0) is 29.2 Å². The van der Waals surface area contributed by atoms with E-state index in [-0.39, 0.29) is 12.1 Å². The van der Waals surface area contributed by atoms with E-state index in [2.05, 4.69) is 15.5 Å². The summed E-state index contributed by atoms with van der Waals surface area (Å²) in [5.41, 5.74) is 5.16. The number of nitrogens with zero attached hydrogens (tertiary/aromatic N) is 4. The zero-order valence-electron chi connectivity index (χ0n) is 22.0. The van der Waals surface area contributed by atoms with E-state index >= 15 is 0 Å². The van der Waals surface area contributed by atoms with Gasteiger partial charge in [-0.05, 0) is 60.5 Å². The minimum Gasteiger partial charge on any atom is -0.486 e. The highest BCUT2D eigenvalue weighted by atomic mass is 35.5. The molecule has 0 N–H and O–H groups in total. The van der Waals surface area contributed by atoms with Crippen molar-refractivity contribution >= 4 is 45.8 Å². The molecule has 4 heterocycles. The summed E-state index contributed by atoms with van der Waals surface area (Å²) in [4.78, 5) is 24.3. The van der Waals surface area contributed by atoms with Gasteiger partial charge in [0, 0.05) is 24.7 Å². The lowest BCUT2D eigenvalue weighted by molar-refractivity contribution is -0.0591. The van der Waals surface area contributed by atoms with Gasteiger partial charge in [0.15, 0.2) is 0 Å². The van der Waals surface area contributed by atoms with Gasteiger partial charge in [0.05, 0.1) is 59.3 Å². The molecular weight excluding hydrogens is 551 g/mol. The van der Waals surface area contributed by atoms with E-state index in [0.717, 1.165) is 59.9 Å². The lowest BCUT2D eigenvalue weighted by Gasteiger charge is -2.28. The molecule has 0 amide bonds. The minimum absolute atomic E-state index is 0.155. The number of ether oxygens (including phenoxy) is 3. The van der Waals surface area contributed by atoms with Crippen LogP contribution in [0.2, 0.25) is 10.0 Å². The minimum atomic E-state index is -0.360. The molecule has 206 valence electrons. The van der Waals surface area contributed by atoms with Gasteiger partial charge in [-0.3, -0.25) is 4.90 Å². The molecule has 1 atom stereocenters. The summed E-state index contributed by atoms with van der Waals surface area (Å²) in [6, 6.07) is 16.6. The van der Waals surface area contributed by atoms with Crippen molar-refractivity contribution in [1.29, 1.82) is 0 Å². The summed E-state index contributed by atoms with van der Waals surface area (Å²) in [5, 5.41) is 1.03. The predicted octanol–water partition coefficient (Wildman–Crippen LogP) is 5.79. The molecule has 0 aliphatic carbocycles. The van der Waals surface area contributed by atoms with Crippen molar-refractivity contribution in [2.24, 2.45) is 0 Å². The molecule has 2 aliphatic rings. The molecule has 40 heavy (non-hydrogen) atoms. The lowest BCUT2D eigenvalue weighted by atomic mass is 10.1. The maximum absolute atomic E-state index is 12.2. The number of benzene rings is 2. The Morgan fingerprint density at radius 2 is 2.00 bits per heavy atom. The summed E-state index contributed by atoms with van der Waals surface area (Å²) >= 11 is 12.2. The molecule has 1 fully saturated rings. The number of methoxy groups -OCH3 is 1. The number of aromatic nitrogens is 3. The first-order valence-corrected chi connectivity index (χ1v) is 13.9. The standard InChI is InChI=1S/C30H28Cl2N4O4/c1-38-30(37)19-5-7-26-27(13-19)36(16-23-10-12-39-23)29(34-26)17-35-11-9-20(15-35)25-4-2-3-22(33-25)18-40-28-8-6-21(31)14-24(28)32/h2-9,13-14,23H,10-12,15-18H2,1H3. The maximum atomic E-state index is 12.2. The van der Waals surface area contributed by atoms with Crippen molar-refractivity contribution in [3.8, 4) is 5.75 Å². The Hall–Kier alpha value is -3.43. The van der Waals surface area contributed by atoms with E-state index in [1.807, 2.05) is 30.3 Å². The Balaban J connectivity index is 1.16. The Labute approximate surface area is 242 Å². The van der Waals surface area contributed by atoms with Crippen LogP contribution in [0.5, 0.6) is 5.75 Å². The number of hydrogen-bond donors (Lipinski definition) is 0. The van der Waals surface area contributed by atoms with Gasteiger partial charge in [0.25, 0.3) is 0 Å². The molecule has 2 aliphatic heterocycles. The topological polar surface area (TPSA) is 78.7 Å². The smallest absolute Gasteiger partial charge is 0.337 e. The fraction of sp³-hybridized carbons (Fsp3) is 0.300. The highest BCUT2D eigenvalue weighted by Gasteiger charge is 2.25. The van der Waals surface area contributed by atoms with Crippen LogP contribution < -0.4 is 4.74 Å². The number of fused-ring (bicyclic) bond motifs is 1. The second kappa shape index (κ2) is 11.6. The largest absolute Gasteiger partial charge is 0.486 e. The van der Waals surface area contributed by atoms with Crippen LogP contribution in [-0.4, -0.2) is 58.3 Å². The number of carbonyl (C=O) groups excluding carboxylic acids is 1. The molecule has 8 nitrogen and oxygen atoms in total. The van der Waals surface area contributed by atoms with Crippen molar-refractivity contribution in [2.75, 3.05) is 26.8 Å². The molecule has 6 rings (SSSR count). The van der Waals surface area contributed by atoms with Crippen molar-refractivity contribution in [1.82, 2.24) is 19.4 Å². The van der Waals surface area contributed by atoms with Crippen LogP contribution >= 0.6 is 23.2 Å². The Morgan fingerprint density at radius 1 is 1.12 bits per heavy atom. The third-order valence-electron chi connectivity index (χ3n) is 7.19. The van der Waals surface area contributed by atoms with E-state index in [1.54, 1.807) is 24.3 Å². The third-order valence-corrected chi connectivity index (χ3v) is 7.72. The molecule has 0 bridgehead atoms. The fourth-order valence-electron chi connectivity index (χ4n) is 4.97. The zero-order chi connectivity index (χ0) is 27.6. The molecule has 10 heteroatoms. The highest BCUT2D eigenvalue weighted by Crippen LogP contribution is 2.29. The van der Waals surface area contributed by atoms with Crippen molar-refractivity contribution in [2.45, 2.75) is 32.2 Å². The van der Waals surface area contributed by atoms with Crippen molar-refractivity contribution in [3.63, 3.8) is 0 Å². The van der Waals surface area contributed by atoms with E-state index in [4.69, 9.17) is 47.4 Å². The quantitative estimate of drug-likeness (QED) is 0.232. The number of carbonyl (C=O) groups is 1. The SMILES string of the molecule is COC(=O)c1ccc2nc(CN3CC=C(c4cccc(COc5ccc(Cl)cc5Cl)n4)C3)n(CC3CCO3)c2c1. The number of halogens is 2. The molecule has 0 radical (unpaired) electrons. The average Bonchev–Trinajstić information content (AvgIpc) is 3.54. The molecule has 1 saturated heterocycles. The monoisotopic (exact) mass is 578 g/mol.